The maximum absolute atomic E-state index is 5.41. The Morgan fingerprint density at radius 1 is 1.44 bits per heavy atom. The molecule has 0 saturated carbocycles. The van der Waals surface area contributed by atoms with Gasteiger partial charge in [0, 0.05) is 24.0 Å². The Kier molecular flexibility index (Phi) is 5.60. The van der Waals surface area contributed by atoms with Crippen molar-refractivity contribution in [3.63, 3.8) is 0 Å². The molecular formula is C12H19BrN2O. The number of hydrogen-bond donors (Lipinski definition) is 0. The summed E-state index contributed by atoms with van der Waals surface area (Å²) < 4.78 is 5.41. The van der Waals surface area contributed by atoms with Crippen LogP contribution >= 0.6 is 15.9 Å². The smallest absolute Gasteiger partial charge is 0.215 e. The van der Waals surface area contributed by atoms with Crippen LogP contribution in [0.4, 0.5) is 5.82 Å². The first kappa shape index (κ1) is 13.3. The van der Waals surface area contributed by atoms with Gasteiger partial charge < -0.3 is 9.64 Å². The molecule has 0 aliphatic heterocycles. The van der Waals surface area contributed by atoms with Crippen LogP contribution in [0.1, 0.15) is 20.8 Å². The third-order valence-corrected chi connectivity index (χ3v) is 2.60. The predicted molar refractivity (Wildman–Crippen MR) is 71.7 cm³/mol. The van der Waals surface area contributed by atoms with Gasteiger partial charge in [-0.15, -0.1) is 0 Å². The minimum absolute atomic E-state index is 0.432. The summed E-state index contributed by atoms with van der Waals surface area (Å²) >= 11 is 3.46. The van der Waals surface area contributed by atoms with Crippen molar-refractivity contribution < 1.29 is 4.74 Å². The molecular weight excluding hydrogens is 268 g/mol. The van der Waals surface area contributed by atoms with Gasteiger partial charge in [-0.1, -0.05) is 22.0 Å². The molecule has 0 spiro atoms. The molecule has 0 amide bonds. The molecule has 0 radical (unpaired) electrons. The van der Waals surface area contributed by atoms with Crippen molar-refractivity contribution in [2.24, 2.45) is 0 Å². The molecule has 0 aliphatic carbocycles. The molecule has 16 heavy (non-hydrogen) atoms. The number of anilines is 1. The zero-order valence-electron chi connectivity index (χ0n) is 10.1. The van der Waals surface area contributed by atoms with Crippen molar-refractivity contribution in [2.45, 2.75) is 26.8 Å². The minimum atomic E-state index is 0.432. The van der Waals surface area contributed by atoms with Gasteiger partial charge >= 0.3 is 0 Å². The molecule has 1 aromatic rings. The van der Waals surface area contributed by atoms with Crippen LogP contribution in [0.15, 0.2) is 18.2 Å². The Bertz CT molecular complexity index is 318. The lowest BCUT2D eigenvalue weighted by molar-refractivity contribution is 0.327. The zero-order valence-corrected chi connectivity index (χ0v) is 11.7. The average Bonchev–Trinajstić information content (AvgIpc) is 2.26. The Morgan fingerprint density at radius 2 is 2.19 bits per heavy atom. The molecule has 0 atom stereocenters. The molecule has 0 aromatic carbocycles. The van der Waals surface area contributed by atoms with Crippen LogP contribution in [-0.2, 0) is 0 Å². The van der Waals surface area contributed by atoms with E-state index in [4.69, 9.17) is 4.74 Å². The first-order valence-electron chi connectivity index (χ1n) is 5.61. The highest BCUT2D eigenvalue weighted by Gasteiger charge is 2.11. The van der Waals surface area contributed by atoms with Crippen LogP contribution in [0.3, 0.4) is 0 Å². The monoisotopic (exact) mass is 286 g/mol. The predicted octanol–water partition coefficient (Wildman–Crippen LogP) is 3.09. The number of alkyl halides is 1. The zero-order chi connectivity index (χ0) is 12.0. The number of hydrogen-bond acceptors (Lipinski definition) is 3. The Morgan fingerprint density at radius 3 is 2.75 bits per heavy atom. The molecule has 0 unspecified atom stereocenters. The third-order valence-electron chi connectivity index (χ3n) is 2.24. The van der Waals surface area contributed by atoms with E-state index < -0.39 is 0 Å². The molecule has 0 fully saturated rings. The summed E-state index contributed by atoms with van der Waals surface area (Å²) in [7, 11) is 0. The molecule has 1 aromatic heterocycles. The summed E-state index contributed by atoms with van der Waals surface area (Å²) in [5.41, 5.74) is 0. The van der Waals surface area contributed by atoms with E-state index in [1.54, 1.807) is 0 Å². The molecule has 1 heterocycles. The van der Waals surface area contributed by atoms with Crippen LogP contribution in [0.2, 0.25) is 0 Å². The van der Waals surface area contributed by atoms with Gasteiger partial charge in [-0.3, -0.25) is 0 Å². The normalized spacial score (nSPS) is 10.6. The van der Waals surface area contributed by atoms with Gasteiger partial charge in [0.15, 0.2) is 0 Å². The molecule has 0 saturated heterocycles. The van der Waals surface area contributed by atoms with Crippen LogP contribution in [0.5, 0.6) is 5.88 Å². The third kappa shape index (κ3) is 3.67. The number of halogens is 1. The first-order valence-corrected chi connectivity index (χ1v) is 6.73. The Balaban J connectivity index is 2.86. The van der Waals surface area contributed by atoms with Crippen molar-refractivity contribution in [1.29, 1.82) is 0 Å². The highest BCUT2D eigenvalue weighted by atomic mass is 79.9. The lowest BCUT2D eigenvalue weighted by atomic mass is 10.3. The molecule has 3 nitrogen and oxygen atoms in total. The standard InChI is InChI=1S/C12H19BrN2O/c1-4-16-12-7-5-6-11(14-12)15(9-8-13)10(2)3/h5-7,10H,4,8-9H2,1-3H3. The maximum Gasteiger partial charge on any atom is 0.215 e. The molecule has 0 bridgehead atoms. The fraction of sp³-hybridized carbons (Fsp3) is 0.583. The summed E-state index contributed by atoms with van der Waals surface area (Å²) in [6.07, 6.45) is 0. The summed E-state index contributed by atoms with van der Waals surface area (Å²) in [4.78, 5) is 6.73. The number of pyridine rings is 1. The number of ether oxygens (including phenoxy) is 1. The highest BCUT2D eigenvalue weighted by Crippen LogP contribution is 2.18. The van der Waals surface area contributed by atoms with E-state index in [1.807, 2.05) is 25.1 Å². The number of aromatic nitrogens is 1. The topological polar surface area (TPSA) is 25.4 Å². The fourth-order valence-corrected chi connectivity index (χ4v) is 1.90. The van der Waals surface area contributed by atoms with E-state index in [-0.39, 0.29) is 0 Å². The van der Waals surface area contributed by atoms with Crippen LogP contribution in [0, 0.1) is 0 Å². The van der Waals surface area contributed by atoms with Gasteiger partial charge in [-0.2, -0.15) is 4.98 Å². The molecule has 0 N–H and O–H groups in total. The van der Waals surface area contributed by atoms with Gasteiger partial charge in [0.05, 0.1) is 6.61 Å². The second-order valence-electron chi connectivity index (χ2n) is 3.74. The lowest BCUT2D eigenvalue weighted by Gasteiger charge is -2.27. The van der Waals surface area contributed by atoms with E-state index in [0.29, 0.717) is 18.5 Å². The van der Waals surface area contributed by atoms with Crippen molar-refractivity contribution >= 4 is 21.7 Å². The first-order chi connectivity index (χ1) is 7.69. The van der Waals surface area contributed by atoms with Crippen molar-refractivity contribution in [3.8, 4) is 5.88 Å². The van der Waals surface area contributed by atoms with Gasteiger partial charge in [-0.25, -0.2) is 0 Å². The number of nitrogens with zero attached hydrogens (tertiary/aromatic N) is 2. The second-order valence-corrected chi connectivity index (χ2v) is 4.54. The summed E-state index contributed by atoms with van der Waals surface area (Å²) in [5.74, 6) is 1.67. The van der Waals surface area contributed by atoms with Crippen molar-refractivity contribution in [2.75, 3.05) is 23.4 Å². The summed E-state index contributed by atoms with van der Waals surface area (Å²) in [6.45, 7) is 7.89. The van der Waals surface area contributed by atoms with E-state index >= 15 is 0 Å². The Hall–Kier alpha value is -0.770. The van der Waals surface area contributed by atoms with Gasteiger partial charge in [0.1, 0.15) is 5.82 Å². The van der Waals surface area contributed by atoms with Crippen molar-refractivity contribution in [3.05, 3.63) is 18.2 Å². The van der Waals surface area contributed by atoms with Crippen LogP contribution < -0.4 is 9.64 Å². The SMILES string of the molecule is CCOc1cccc(N(CCBr)C(C)C)n1. The number of rotatable bonds is 6. The molecule has 90 valence electrons. The van der Waals surface area contributed by atoms with Gasteiger partial charge in [0.2, 0.25) is 5.88 Å². The molecule has 1 rings (SSSR count). The average molecular weight is 287 g/mol. The molecule has 0 aliphatic rings. The summed E-state index contributed by atoms with van der Waals surface area (Å²) in [5, 5.41) is 0.936. The second kappa shape index (κ2) is 6.74. The largest absolute Gasteiger partial charge is 0.478 e. The molecule has 4 heteroatoms. The van der Waals surface area contributed by atoms with E-state index in [2.05, 4.69) is 39.7 Å². The Labute approximate surface area is 106 Å². The quantitative estimate of drug-likeness (QED) is 0.752. The van der Waals surface area contributed by atoms with E-state index in [9.17, 15) is 0 Å². The van der Waals surface area contributed by atoms with Gasteiger partial charge in [-0.05, 0) is 26.8 Å². The van der Waals surface area contributed by atoms with Crippen molar-refractivity contribution in [1.82, 2.24) is 4.98 Å². The maximum atomic E-state index is 5.41. The summed E-state index contributed by atoms with van der Waals surface area (Å²) in [6, 6.07) is 6.32. The van der Waals surface area contributed by atoms with Gasteiger partial charge in [0.25, 0.3) is 0 Å². The van der Waals surface area contributed by atoms with Crippen LogP contribution in [-0.4, -0.2) is 29.5 Å². The van der Waals surface area contributed by atoms with E-state index in [1.165, 1.54) is 0 Å². The van der Waals surface area contributed by atoms with Crippen LogP contribution in [0.25, 0.3) is 0 Å². The fourth-order valence-electron chi connectivity index (χ4n) is 1.52. The van der Waals surface area contributed by atoms with E-state index in [0.717, 1.165) is 17.7 Å². The lowest BCUT2D eigenvalue weighted by Crippen LogP contribution is -2.33. The minimum Gasteiger partial charge on any atom is -0.478 e. The highest BCUT2D eigenvalue weighted by molar-refractivity contribution is 9.09.